The van der Waals surface area contributed by atoms with Crippen LogP contribution < -0.4 is 10.5 Å². The minimum atomic E-state index is 0.362. The predicted octanol–water partition coefficient (Wildman–Crippen LogP) is 3.54. The molecule has 0 aliphatic heterocycles. The second-order valence-electron chi connectivity index (χ2n) is 5.72. The van der Waals surface area contributed by atoms with E-state index in [9.17, 15) is 0 Å². The zero-order valence-corrected chi connectivity index (χ0v) is 11.8. The standard InChI is InChI=1S/C16H25NO/c1-11-7-15(13(3)9-17)16(8-12(11)2)18-10-14-5-4-6-14/h7-8,13-14H,4-6,9-10,17H2,1-3H3. The zero-order chi connectivity index (χ0) is 13.1. The van der Waals surface area contributed by atoms with Crippen molar-refractivity contribution < 1.29 is 4.74 Å². The number of ether oxygens (including phenoxy) is 1. The second kappa shape index (κ2) is 5.75. The van der Waals surface area contributed by atoms with Crippen LogP contribution in [0.4, 0.5) is 0 Å². The van der Waals surface area contributed by atoms with E-state index in [4.69, 9.17) is 10.5 Å². The van der Waals surface area contributed by atoms with Crippen molar-refractivity contribution in [1.82, 2.24) is 0 Å². The van der Waals surface area contributed by atoms with Gasteiger partial charge in [-0.05, 0) is 67.8 Å². The molecule has 1 unspecified atom stereocenters. The fourth-order valence-corrected chi connectivity index (χ4v) is 2.32. The Labute approximate surface area is 111 Å². The fourth-order valence-electron chi connectivity index (χ4n) is 2.32. The van der Waals surface area contributed by atoms with Crippen LogP contribution in [-0.2, 0) is 0 Å². The van der Waals surface area contributed by atoms with Gasteiger partial charge in [-0.15, -0.1) is 0 Å². The molecule has 2 N–H and O–H groups in total. The first kappa shape index (κ1) is 13.4. The second-order valence-corrected chi connectivity index (χ2v) is 5.72. The molecule has 1 atom stereocenters. The van der Waals surface area contributed by atoms with Gasteiger partial charge in [0.25, 0.3) is 0 Å². The summed E-state index contributed by atoms with van der Waals surface area (Å²) in [5, 5.41) is 0. The van der Waals surface area contributed by atoms with E-state index in [1.54, 1.807) is 0 Å². The average molecular weight is 247 g/mol. The number of aryl methyl sites for hydroxylation is 2. The van der Waals surface area contributed by atoms with Gasteiger partial charge in [-0.3, -0.25) is 0 Å². The van der Waals surface area contributed by atoms with E-state index in [2.05, 4.69) is 32.9 Å². The monoisotopic (exact) mass is 247 g/mol. The molecule has 18 heavy (non-hydrogen) atoms. The largest absolute Gasteiger partial charge is 0.493 e. The molecular formula is C16H25NO. The Morgan fingerprint density at radius 3 is 2.50 bits per heavy atom. The molecule has 1 aliphatic carbocycles. The van der Waals surface area contributed by atoms with Crippen LogP contribution >= 0.6 is 0 Å². The van der Waals surface area contributed by atoms with Crippen molar-refractivity contribution in [2.24, 2.45) is 11.7 Å². The Kier molecular flexibility index (Phi) is 4.28. The van der Waals surface area contributed by atoms with E-state index >= 15 is 0 Å². The highest BCUT2D eigenvalue weighted by Gasteiger charge is 2.19. The van der Waals surface area contributed by atoms with Crippen LogP contribution in [0.5, 0.6) is 5.75 Å². The molecule has 2 heteroatoms. The van der Waals surface area contributed by atoms with Crippen LogP contribution in [-0.4, -0.2) is 13.2 Å². The Hall–Kier alpha value is -1.02. The predicted molar refractivity (Wildman–Crippen MR) is 76.2 cm³/mol. The van der Waals surface area contributed by atoms with Gasteiger partial charge in [0.15, 0.2) is 0 Å². The number of hydrogen-bond acceptors (Lipinski definition) is 2. The normalized spacial score (nSPS) is 17.3. The molecule has 1 aromatic rings. The van der Waals surface area contributed by atoms with E-state index < -0.39 is 0 Å². The molecule has 1 fully saturated rings. The van der Waals surface area contributed by atoms with E-state index in [0.717, 1.165) is 18.3 Å². The smallest absolute Gasteiger partial charge is 0.123 e. The van der Waals surface area contributed by atoms with E-state index in [1.165, 1.54) is 36.0 Å². The van der Waals surface area contributed by atoms with Crippen molar-refractivity contribution in [2.75, 3.05) is 13.2 Å². The molecule has 0 heterocycles. The van der Waals surface area contributed by atoms with Crippen LogP contribution in [0, 0.1) is 19.8 Å². The van der Waals surface area contributed by atoms with Crippen molar-refractivity contribution in [3.05, 3.63) is 28.8 Å². The van der Waals surface area contributed by atoms with Gasteiger partial charge in [-0.25, -0.2) is 0 Å². The van der Waals surface area contributed by atoms with E-state index in [0.29, 0.717) is 12.5 Å². The maximum absolute atomic E-state index is 6.04. The van der Waals surface area contributed by atoms with Gasteiger partial charge < -0.3 is 10.5 Å². The third-order valence-corrected chi connectivity index (χ3v) is 4.21. The van der Waals surface area contributed by atoms with Crippen molar-refractivity contribution in [1.29, 1.82) is 0 Å². The highest BCUT2D eigenvalue weighted by atomic mass is 16.5. The molecule has 1 saturated carbocycles. The molecule has 0 amide bonds. The van der Waals surface area contributed by atoms with Crippen molar-refractivity contribution in [2.45, 2.75) is 46.0 Å². The van der Waals surface area contributed by atoms with Gasteiger partial charge in [0.05, 0.1) is 6.61 Å². The van der Waals surface area contributed by atoms with Gasteiger partial charge in [-0.1, -0.05) is 19.4 Å². The summed E-state index contributed by atoms with van der Waals surface area (Å²) in [5.41, 5.74) is 9.68. The van der Waals surface area contributed by atoms with Crippen molar-refractivity contribution >= 4 is 0 Å². The summed E-state index contributed by atoms with van der Waals surface area (Å²) in [7, 11) is 0. The lowest BCUT2D eigenvalue weighted by atomic mass is 9.86. The van der Waals surface area contributed by atoms with Crippen LogP contribution in [0.1, 0.15) is 48.8 Å². The molecule has 1 aromatic carbocycles. The number of rotatable bonds is 5. The molecular weight excluding hydrogens is 222 g/mol. The van der Waals surface area contributed by atoms with Crippen molar-refractivity contribution in [3.8, 4) is 5.75 Å². The van der Waals surface area contributed by atoms with Crippen LogP contribution in [0.25, 0.3) is 0 Å². The Balaban J connectivity index is 2.16. The molecule has 100 valence electrons. The third-order valence-electron chi connectivity index (χ3n) is 4.21. The minimum Gasteiger partial charge on any atom is -0.493 e. The first-order valence-electron chi connectivity index (χ1n) is 7.05. The van der Waals surface area contributed by atoms with Crippen LogP contribution in [0.15, 0.2) is 12.1 Å². The summed E-state index contributed by atoms with van der Waals surface area (Å²) in [6.45, 7) is 8.00. The lowest BCUT2D eigenvalue weighted by Gasteiger charge is -2.26. The summed E-state index contributed by atoms with van der Waals surface area (Å²) in [6, 6.07) is 4.42. The average Bonchev–Trinajstić information content (AvgIpc) is 2.30. The number of nitrogens with two attached hydrogens (primary N) is 1. The molecule has 2 rings (SSSR count). The maximum atomic E-state index is 6.04. The van der Waals surface area contributed by atoms with Gasteiger partial charge in [0.1, 0.15) is 5.75 Å². The highest BCUT2D eigenvalue weighted by molar-refractivity contribution is 5.43. The zero-order valence-electron chi connectivity index (χ0n) is 11.8. The number of benzene rings is 1. The maximum Gasteiger partial charge on any atom is 0.123 e. The Morgan fingerprint density at radius 1 is 1.28 bits per heavy atom. The SMILES string of the molecule is Cc1cc(OCC2CCC2)c(C(C)CN)cc1C. The first-order valence-corrected chi connectivity index (χ1v) is 7.05. The Morgan fingerprint density at radius 2 is 1.94 bits per heavy atom. The topological polar surface area (TPSA) is 35.2 Å². The summed E-state index contributed by atoms with van der Waals surface area (Å²) in [5.74, 6) is 2.18. The number of hydrogen-bond donors (Lipinski definition) is 1. The fraction of sp³-hybridized carbons (Fsp3) is 0.625. The van der Waals surface area contributed by atoms with E-state index in [1.807, 2.05) is 0 Å². The van der Waals surface area contributed by atoms with Crippen molar-refractivity contribution in [3.63, 3.8) is 0 Å². The third kappa shape index (κ3) is 2.86. The summed E-state index contributed by atoms with van der Waals surface area (Å²) in [4.78, 5) is 0. The van der Waals surface area contributed by atoms with E-state index in [-0.39, 0.29) is 0 Å². The molecule has 0 aromatic heterocycles. The quantitative estimate of drug-likeness (QED) is 0.863. The summed E-state index contributed by atoms with van der Waals surface area (Å²) >= 11 is 0. The summed E-state index contributed by atoms with van der Waals surface area (Å²) in [6.07, 6.45) is 4.02. The Bertz CT molecular complexity index is 410. The first-order chi connectivity index (χ1) is 8.61. The molecule has 1 aliphatic rings. The molecule has 0 spiro atoms. The van der Waals surface area contributed by atoms with Crippen LogP contribution in [0.2, 0.25) is 0 Å². The minimum absolute atomic E-state index is 0.362. The lowest BCUT2D eigenvalue weighted by molar-refractivity contribution is 0.179. The molecule has 0 saturated heterocycles. The van der Waals surface area contributed by atoms with Gasteiger partial charge >= 0.3 is 0 Å². The summed E-state index contributed by atoms with van der Waals surface area (Å²) < 4.78 is 6.04. The van der Waals surface area contributed by atoms with Gasteiger partial charge in [0.2, 0.25) is 0 Å². The molecule has 0 bridgehead atoms. The lowest BCUT2D eigenvalue weighted by Crippen LogP contribution is -2.20. The molecule has 2 nitrogen and oxygen atoms in total. The van der Waals surface area contributed by atoms with Crippen LogP contribution in [0.3, 0.4) is 0 Å². The van der Waals surface area contributed by atoms with Gasteiger partial charge in [0, 0.05) is 0 Å². The molecule has 0 radical (unpaired) electrons. The highest BCUT2D eigenvalue weighted by Crippen LogP contribution is 2.32. The van der Waals surface area contributed by atoms with Gasteiger partial charge in [-0.2, -0.15) is 0 Å².